The van der Waals surface area contributed by atoms with Crippen LogP contribution in [0.25, 0.3) is 0 Å². The first-order valence-electron chi connectivity index (χ1n) is 5.43. The summed E-state index contributed by atoms with van der Waals surface area (Å²) in [6.07, 6.45) is 0. The van der Waals surface area contributed by atoms with E-state index in [1.54, 1.807) is 16.8 Å². The van der Waals surface area contributed by atoms with Crippen molar-refractivity contribution in [3.05, 3.63) is 52.0 Å². The summed E-state index contributed by atoms with van der Waals surface area (Å²) >= 11 is 1.42. The maximum Gasteiger partial charge on any atom is 0.256 e. The quantitative estimate of drug-likeness (QED) is 0.827. The van der Waals surface area contributed by atoms with Gasteiger partial charge in [-0.1, -0.05) is 11.8 Å². The highest BCUT2D eigenvalue weighted by Crippen LogP contribution is 2.17. The molecule has 1 aromatic carbocycles. The van der Waals surface area contributed by atoms with Crippen molar-refractivity contribution in [3.63, 3.8) is 0 Å². The molecule has 1 heterocycles. The lowest BCUT2D eigenvalue weighted by Gasteiger charge is -2.06. The van der Waals surface area contributed by atoms with Crippen molar-refractivity contribution < 1.29 is 14.3 Å². The SMILES string of the molecule is O=C(Nc1ccc(F)cc1C#CCO)c1ccsc1. The van der Waals surface area contributed by atoms with Crippen molar-refractivity contribution >= 4 is 22.9 Å². The van der Waals surface area contributed by atoms with Crippen molar-refractivity contribution in [2.45, 2.75) is 0 Å². The molecule has 2 rings (SSSR count). The fourth-order valence-corrected chi connectivity index (χ4v) is 2.09. The summed E-state index contributed by atoms with van der Waals surface area (Å²) in [6, 6.07) is 5.60. The zero-order chi connectivity index (χ0) is 13.7. The molecule has 0 saturated carbocycles. The van der Waals surface area contributed by atoms with Gasteiger partial charge >= 0.3 is 0 Å². The van der Waals surface area contributed by atoms with Crippen LogP contribution < -0.4 is 5.32 Å². The number of amides is 1. The lowest BCUT2D eigenvalue weighted by atomic mass is 10.1. The second kappa shape index (κ2) is 6.14. The van der Waals surface area contributed by atoms with Crippen LogP contribution >= 0.6 is 11.3 Å². The molecule has 0 atom stereocenters. The smallest absolute Gasteiger partial charge is 0.256 e. The summed E-state index contributed by atoms with van der Waals surface area (Å²) in [5, 5.41) is 14.9. The molecule has 2 N–H and O–H groups in total. The number of carbonyl (C=O) groups is 1. The Hall–Kier alpha value is -2.16. The highest BCUT2D eigenvalue weighted by Gasteiger charge is 2.09. The summed E-state index contributed by atoms with van der Waals surface area (Å²) in [5.74, 6) is 4.31. The maximum atomic E-state index is 13.1. The summed E-state index contributed by atoms with van der Waals surface area (Å²) < 4.78 is 13.1. The highest BCUT2D eigenvalue weighted by molar-refractivity contribution is 7.08. The van der Waals surface area contributed by atoms with E-state index in [-0.39, 0.29) is 12.5 Å². The minimum Gasteiger partial charge on any atom is -0.384 e. The molecule has 96 valence electrons. The van der Waals surface area contributed by atoms with E-state index in [4.69, 9.17) is 5.11 Å². The van der Waals surface area contributed by atoms with Gasteiger partial charge in [-0.3, -0.25) is 4.79 Å². The Morgan fingerprint density at radius 3 is 2.95 bits per heavy atom. The van der Waals surface area contributed by atoms with Crippen LogP contribution in [0.15, 0.2) is 35.0 Å². The number of hydrogen-bond acceptors (Lipinski definition) is 3. The number of aliphatic hydroxyl groups is 1. The number of benzene rings is 1. The molecule has 5 heteroatoms. The second-order valence-corrected chi connectivity index (χ2v) is 4.40. The van der Waals surface area contributed by atoms with Gasteiger partial charge in [0.15, 0.2) is 0 Å². The lowest BCUT2D eigenvalue weighted by molar-refractivity contribution is 0.102. The average Bonchev–Trinajstić information content (AvgIpc) is 2.93. The predicted octanol–water partition coefficient (Wildman–Crippen LogP) is 2.48. The lowest BCUT2D eigenvalue weighted by Crippen LogP contribution is -2.12. The number of thiophene rings is 1. The van der Waals surface area contributed by atoms with E-state index in [2.05, 4.69) is 17.2 Å². The van der Waals surface area contributed by atoms with E-state index in [0.29, 0.717) is 16.8 Å². The zero-order valence-electron chi connectivity index (χ0n) is 9.81. The van der Waals surface area contributed by atoms with Gasteiger partial charge in [-0.05, 0) is 29.6 Å². The molecule has 0 unspecified atom stereocenters. The molecule has 1 amide bonds. The van der Waals surface area contributed by atoms with Crippen molar-refractivity contribution in [2.75, 3.05) is 11.9 Å². The number of hydrogen-bond donors (Lipinski definition) is 2. The average molecular weight is 275 g/mol. The van der Waals surface area contributed by atoms with E-state index in [1.165, 1.54) is 29.5 Å². The molecule has 0 spiro atoms. The van der Waals surface area contributed by atoms with Crippen molar-refractivity contribution in [2.24, 2.45) is 0 Å². The number of rotatable bonds is 2. The van der Waals surface area contributed by atoms with E-state index >= 15 is 0 Å². The number of nitrogens with one attached hydrogen (secondary N) is 1. The van der Waals surface area contributed by atoms with Crippen LogP contribution in [0.1, 0.15) is 15.9 Å². The van der Waals surface area contributed by atoms with Gasteiger partial charge in [0.05, 0.1) is 16.8 Å². The Balaban J connectivity index is 2.27. The third kappa shape index (κ3) is 3.41. The largest absolute Gasteiger partial charge is 0.384 e. The summed E-state index contributed by atoms with van der Waals surface area (Å²) in [5.41, 5.74) is 1.28. The molecule has 0 aliphatic carbocycles. The van der Waals surface area contributed by atoms with Gasteiger partial charge in [-0.2, -0.15) is 11.3 Å². The third-order valence-electron chi connectivity index (χ3n) is 2.32. The van der Waals surface area contributed by atoms with Crippen LogP contribution in [0.3, 0.4) is 0 Å². The Bertz CT molecular complexity index is 641. The molecule has 0 aliphatic heterocycles. The molecule has 1 aromatic heterocycles. The van der Waals surface area contributed by atoms with Crippen molar-refractivity contribution in [1.29, 1.82) is 0 Å². The van der Waals surface area contributed by atoms with Crippen LogP contribution in [-0.4, -0.2) is 17.6 Å². The Morgan fingerprint density at radius 2 is 2.26 bits per heavy atom. The molecule has 19 heavy (non-hydrogen) atoms. The van der Waals surface area contributed by atoms with Crippen LogP contribution in [0.5, 0.6) is 0 Å². The van der Waals surface area contributed by atoms with Crippen LogP contribution in [0.4, 0.5) is 10.1 Å². The minimum atomic E-state index is -0.448. The van der Waals surface area contributed by atoms with E-state index in [1.807, 2.05) is 0 Å². The first-order chi connectivity index (χ1) is 9.20. The van der Waals surface area contributed by atoms with Gasteiger partial charge in [0.25, 0.3) is 5.91 Å². The number of carbonyl (C=O) groups excluding carboxylic acids is 1. The van der Waals surface area contributed by atoms with E-state index in [9.17, 15) is 9.18 Å². The summed E-state index contributed by atoms with van der Waals surface area (Å²) in [6.45, 7) is -0.325. The minimum absolute atomic E-state index is 0.278. The zero-order valence-corrected chi connectivity index (χ0v) is 10.6. The fraction of sp³-hybridized carbons (Fsp3) is 0.0714. The molecule has 2 aromatic rings. The molecule has 0 radical (unpaired) electrons. The first kappa shape index (κ1) is 13.3. The highest BCUT2D eigenvalue weighted by atomic mass is 32.1. The van der Waals surface area contributed by atoms with Crippen molar-refractivity contribution in [3.8, 4) is 11.8 Å². The normalized spacial score (nSPS) is 9.58. The number of aliphatic hydroxyl groups excluding tert-OH is 1. The maximum absolute atomic E-state index is 13.1. The van der Waals surface area contributed by atoms with E-state index in [0.717, 1.165) is 0 Å². The van der Waals surface area contributed by atoms with Gasteiger partial charge in [0.2, 0.25) is 0 Å². The van der Waals surface area contributed by atoms with Gasteiger partial charge in [-0.15, -0.1) is 0 Å². The third-order valence-corrected chi connectivity index (χ3v) is 3.00. The molecule has 0 aliphatic rings. The van der Waals surface area contributed by atoms with Crippen molar-refractivity contribution in [1.82, 2.24) is 0 Å². The second-order valence-electron chi connectivity index (χ2n) is 3.62. The van der Waals surface area contributed by atoms with Gasteiger partial charge in [-0.25, -0.2) is 4.39 Å². The van der Waals surface area contributed by atoms with Crippen LogP contribution in [0, 0.1) is 17.7 Å². The molecular weight excluding hydrogens is 265 g/mol. The Kier molecular flexibility index (Phi) is 4.29. The fourth-order valence-electron chi connectivity index (χ4n) is 1.45. The molecular formula is C14H10FNO2S. The Morgan fingerprint density at radius 1 is 1.42 bits per heavy atom. The summed E-state index contributed by atoms with van der Waals surface area (Å²) in [4.78, 5) is 11.9. The predicted molar refractivity (Wildman–Crippen MR) is 72.6 cm³/mol. The number of anilines is 1. The topological polar surface area (TPSA) is 49.3 Å². The molecule has 0 saturated heterocycles. The number of halogens is 1. The molecule has 3 nitrogen and oxygen atoms in total. The van der Waals surface area contributed by atoms with Gasteiger partial charge < -0.3 is 10.4 Å². The van der Waals surface area contributed by atoms with Crippen LogP contribution in [0.2, 0.25) is 0 Å². The molecule has 0 fully saturated rings. The standard InChI is InChI=1S/C14H10FNO2S/c15-12-3-4-13(10(8-12)2-1-6-17)16-14(18)11-5-7-19-9-11/h3-5,7-9,17H,6H2,(H,16,18). The van der Waals surface area contributed by atoms with Crippen LogP contribution in [-0.2, 0) is 0 Å². The summed E-state index contributed by atoms with van der Waals surface area (Å²) in [7, 11) is 0. The Labute approximate surface area is 113 Å². The van der Waals surface area contributed by atoms with E-state index < -0.39 is 5.82 Å². The molecule has 0 bridgehead atoms. The van der Waals surface area contributed by atoms with Gasteiger partial charge in [0.1, 0.15) is 12.4 Å². The monoisotopic (exact) mass is 275 g/mol. The first-order valence-corrected chi connectivity index (χ1v) is 6.38. The van der Waals surface area contributed by atoms with Gasteiger partial charge in [0, 0.05) is 5.38 Å².